The highest BCUT2D eigenvalue weighted by Crippen LogP contribution is 2.40. The third kappa shape index (κ3) is 6.50. The zero-order valence-corrected chi connectivity index (χ0v) is 27.5. The van der Waals surface area contributed by atoms with E-state index in [2.05, 4.69) is 190 Å². The maximum absolute atomic E-state index is 4.33. The van der Waals surface area contributed by atoms with E-state index in [4.69, 9.17) is 0 Å². The van der Waals surface area contributed by atoms with E-state index in [0.29, 0.717) is 0 Å². The Labute approximate surface area is 288 Å². The highest BCUT2D eigenvalue weighted by molar-refractivity contribution is 5.86. The molecular weight excluding hydrogens is 597 g/mol. The van der Waals surface area contributed by atoms with E-state index in [1.54, 1.807) is 0 Å². The van der Waals surface area contributed by atoms with Crippen LogP contribution in [-0.4, -0.2) is 19.1 Å². The number of benzene rings is 6. The van der Waals surface area contributed by atoms with Gasteiger partial charge in [0.25, 0.3) is 0 Å². The summed E-state index contributed by atoms with van der Waals surface area (Å²) in [4.78, 5) is 8.48. The van der Waals surface area contributed by atoms with Crippen molar-refractivity contribution in [3.63, 3.8) is 0 Å². The summed E-state index contributed by atoms with van der Waals surface area (Å²) >= 11 is 0. The minimum Gasteiger partial charge on any atom is -0.333 e. The van der Waals surface area contributed by atoms with E-state index in [1.165, 1.54) is 50.1 Å². The number of aromatic nitrogens is 4. The lowest BCUT2D eigenvalue weighted by Gasteiger charge is -2.37. The van der Waals surface area contributed by atoms with Crippen LogP contribution in [0.4, 0.5) is 0 Å². The Bertz CT molecular complexity index is 2060. The van der Waals surface area contributed by atoms with Gasteiger partial charge in [0.2, 0.25) is 0 Å². The Morgan fingerprint density at radius 1 is 0.490 bits per heavy atom. The Morgan fingerprint density at radius 3 is 1.43 bits per heavy atom. The minimum absolute atomic E-state index is 0.444. The van der Waals surface area contributed by atoms with Crippen molar-refractivity contribution in [2.75, 3.05) is 0 Å². The van der Waals surface area contributed by atoms with Gasteiger partial charge in [0, 0.05) is 31.3 Å². The summed E-state index contributed by atoms with van der Waals surface area (Å²) in [5.41, 5.74) is 10.9. The lowest BCUT2D eigenvalue weighted by atomic mass is 9.77. The van der Waals surface area contributed by atoms with Crippen molar-refractivity contribution in [3.8, 4) is 22.3 Å². The second-order valence-electron chi connectivity index (χ2n) is 12.0. The van der Waals surface area contributed by atoms with Crippen molar-refractivity contribution in [1.29, 1.82) is 0 Å². The maximum atomic E-state index is 4.33. The summed E-state index contributed by atoms with van der Waals surface area (Å²) in [6, 6.07) is 57.5. The van der Waals surface area contributed by atoms with Crippen molar-refractivity contribution in [2.24, 2.45) is 0 Å². The Balaban J connectivity index is 0.000000154. The van der Waals surface area contributed by atoms with Crippen molar-refractivity contribution in [1.82, 2.24) is 19.1 Å². The molecule has 49 heavy (non-hydrogen) atoms. The standard InChI is InChI=1S/C23H20N2.C22H18N2/c1-18-21(16-25-15-14-24-17-25)12-13-22(19-8-4-2-5-9-19)23(18)20-10-6-3-7-11-20;1-4-10-19(11-5-1)22(24-17-16-23-18-24,20-12-6-2-7-13-20)21-14-8-3-9-15-21/h2-15,17H,16H2,1H3;1-18H. The monoisotopic (exact) mass is 634 g/mol. The first kappa shape index (κ1) is 31.3. The summed E-state index contributed by atoms with van der Waals surface area (Å²) in [5.74, 6) is 0. The quantitative estimate of drug-likeness (QED) is 0.156. The van der Waals surface area contributed by atoms with Gasteiger partial charge in [0.15, 0.2) is 0 Å². The van der Waals surface area contributed by atoms with E-state index in [-0.39, 0.29) is 0 Å². The first-order valence-corrected chi connectivity index (χ1v) is 16.6. The fraction of sp³-hybridized carbons (Fsp3) is 0.0667. The van der Waals surface area contributed by atoms with E-state index in [0.717, 1.165) is 6.54 Å². The molecule has 0 aliphatic heterocycles. The van der Waals surface area contributed by atoms with E-state index < -0.39 is 5.54 Å². The van der Waals surface area contributed by atoms with Gasteiger partial charge in [-0.05, 0) is 57.0 Å². The van der Waals surface area contributed by atoms with Gasteiger partial charge in [-0.1, -0.05) is 164 Å². The summed E-state index contributed by atoms with van der Waals surface area (Å²) in [6.07, 6.45) is 11.5. The molecule has 0 amide bonds. The van der Waals surface area contributed by atoms with Gasteiger partial charge in [-0.3, -0.25) is 0 Å². The highest BCUT2D eigenvalue weighted by atomic mass is 15.1. The fourth-order valence-corrected chi connectivity index (χ4v) is 6.78. The predicted molar refractivity (Wildman–Crippen MR) is 200 cm³/mol. The molecule has 6 aromatic carbocycles. The normalized spacial score (nSPS) is 11.0. The van der Waals surface area contributed by atoms with Gasteiger partial charge >= 0.3 is 0 Å². The fourth-order valence-electron chi connectivity index (χ4n) is 6.78. The molecule has 8 rings (SSSR count). The predicted octanol–water partition coefficient (Wildman–Crippen LogP) is 10.3. The van der Waals surface area contributed by atoms with Crippen LogP contribution in [0.2, 0.25) is 0 Å². The molecule has 238 valence electrons. The van der Waals surface area contributed by atoms with Crippen molar-refractivity contribution in [2.45, 2.75) is 19.0 Å². The molecule has 0 radical (unpaired) electrons. The van der Waals surface area contributed by atoms with Crippen LogP contribution >= 0.6 is 0 Å². The number of rotatable bonds is 8. The lowest BCUT2D eigenvalue weighted by Crippen LogP contribution is -2.36. The van der Waals surface area contributed by atoms with Gasteiger partial charge in [0.05, 0.1) is 12.7 Å². The first-order chi connectivity index (χ1) is 24.2. The SMILES string of the molecule is Cc1c(Cn2ccnc2)ccc(-c2ccccc2)c1-c1ccccc1.c1ccc(C(c2ccccc2)(c2ccccc2)n2ccnc2)cc1. The van der Waals surface area contributed by atoms with Crippen LogP contribution in [0.15, 0.2) is 201 Å². The Morgan fingerprint density at radius 2 is 0.959 bits per heavy atom. The second-order valence-corrected chi connectivity index (χ2v) is 12.0. The third-order valence-corrected chi connectivity index (χ3v) is 9.10. The average molecular weight is 635 g/mol. The molecule has 2 aromatic heterocycles. The molecule has 8 aromatic rings. The smallest absolute Gasteiger partial charge is 0.121 e. The van der Waals surface area contributed by atoms with Gasteiger partial charge in [0.1, 0.15) is 5.54 Å². The van der Waals surface area contributed by atoms with Gasteiger partial charge < -0.3 is 9.13 Å². The minimum atomic E-state index is -0.444. The lowest BCUT2D eigenvalue weighted by molar-refractivity contribution is 0.514. The summed E-state index contributed by atoms with van der Waals surface area (Å²) in [5, 5.41) is 0. The van der Waals surface area contributed by atoms with E-state index in [1.807, 2.05) is 37.4 Å². The summed E-state index contributed by atoms with van der Waals surface area (Å²) in [7, 11) is 0. The Kier molecular flexibility index (Phi) is 9.38. The second kappa shape index (κ2) is 14.7. The number of nitrogens with zero attached hydrogens (tertiary/aromatic N) is 4. The van der Waals surface area contributed by atoms with Crippen molar-refractivity contribution < 1.29 is 0 Å². The van der Waals surface area contributed by atoms with Crippen LogP contribution in [0.5, 0.6) is 0 Å². The third-order valence-electron chi connectivity index (χ3n) is 9.10. The van der Waals surface area contributed by atoms with Gasteiger partial charge in [-0.15, -0.1) is 0 Å². The molecule has 4 nitrogen and oxygen atoms in total. The average Bonchev–Trinajstić information content (AvgIpc) is 3.91. The van der Waals surface area contributed by atoms with Crippen molar-refractivity contribution >= 4 is 0 Å². The molecule has 0 aliphatic rings. The molecule has 0 aliphatic carbocycles. The molecule has 0 saturated carbocycles. The summed E-state index contributed by atoms with van der Waals surface area (Å²) < 4.78 is 4.30. The summed E-state index contributed by atoms with van der Waals surface area (Å²) in [6.45, 7) is 3.06. The van der Waals surface area contributed by atoms with Crippen LogP contribution in [0.25, 0.3) is 22.3 Å². The molecule has 0 saturated heterocycles. The molecule has 0 fully saturated rings. The van der Waals surface area contributed by atoms with Gasteiger partial charge in [-0.25, -0.2) is 9.97 Å². The molecule has 0 N–H and O–H groups in total. The molecule has 0 unspecified atom stereocenters. The van der Waals surface area contributed by atoms with E-state index >= 15 is 0 Å². The van der Waals surface area contributed by atoms with E-state index in [9.17, 15) is 0 Å². The van der Waals surface area contributed by atoms with Crippen LogP contribution in [0.1, 0.15) is 27.8 Å². The highest BCUT2D eigenvalue weighted by Gasteiger charge is 2.37. The van der Waals surface area contributed by atoms with Crippen LogP contribution < -0.4 is 0 Å². The molecule has 4 heteroatoms. The van der Waals surface area contributed by atoms with Crippen LogP contribution in [0, 0.1) is 6.92 Å². The first-order valence-electron chi connectivity index (χ1n) is 16.6. The number of hydrogen-bond acceptors (Lipinski definition) is 2. The molecular formula is C45H38N4. The Hall–Kier alpha value is -6.26. The zero-order chi connectivity index (χ0) is 33.3. The largest absolute Gasteiger partial charge is 0.333 e. The molecule has 0 bridgehead atoms. The topological polar surface area (TPSA) is 35.6 Å². The number of imidazole rings is 2. The van der Waals surface area contributed by atoms with Crippen LogP contribution in [0.3, 0.4) is 0 Å². The van der Waals surface area contributed by atoms with Crippen LogP contribution in [-0.2, 0) is 12.1 Å². The molecule has 2 heterocycles. The molecule has 0 atom stereocenters. The van der Waals surface area contributed by atoms with Crippen molar-refractivity contribution in [3.05, 3.63) is 229 Å². The zero-order valence-electron chi connectivity index (χ0n) is 27.5. The maximum Gasteiger partial charge on any atom is 0.121 e. The van der Waals surface area contributed by atoms with Gasteiger partial charge in [-0.2, -0.15) is 0 Å². The molecule has 0 spiro atoms. The number of hydrogen-bond donors (Lipinski definition) is 0.